The van der Waals surface area contributed by atoms with Crippen molar-refractivity contribution in [3.05, 3.63) is 24.2 Å². The van der Waals surface area contributed by atoms with E-state index >= 15 is 0 Å². The van der Waals surface area contributed by atoms with Gasteiger partial charge in [0.25, 0.3) is 0 Å². The zero-order valence-electron chi connectivity index (χ0n) is 7.95. The number of nitrogens with one attached hydrogen (secondary N) is 1. The lowest BCUT2D eigenvalue weighted by Crippen LogP contribution is -2.29. The number of hydrogen-bond donors (Lipinski definition) is 1. The molecule has 1 heterocycles. The average molecular weight is 178 g/mol. The molecule has 2 unspecified atom stereocenters. The van der Waals surface area contributed by atoms with Crippen LogP contribution in [-0.2, 0) is 0 Å². The van der Waals surface area contributed by atoms with Crippen LogP contribution in [0.4, 0.5) is 0 Å². The van der Waals surface area contributed by atoms with Crippen LogP contribution in [0.3, 0.4) is 0 Å². The molecule has 0 saturated carbocycles. The molecule has 13 heavy (non-hydrogen) atoms. The average Bonchev–Trinajstić information content (AvgIpc) is 2.66. The maximum absolute atomic E-state index is 8.73. The molecule has 70 valence electrons. The van der Waals surface area contributed by atoms with E-state index in [9.17, 15) is 0 Å². The van der Waals surface area contributed by atoms with Crippen LogP contribution in [0.2, 0.25) is 0 Å². The summed E-state index contributed by atoms with van der Waals surface area (Å²) in [5, 5.41) is 11.9. The van der Waals surface area contributed by atoms with Gasteiger partial charge in [0, 0.05) is 0 Å². The number of nitrogens with zero attached hydrogens (tertiary/aromatic N) is 1. The van der Waals surface area contributed by atoms with Crippen molar-refractivity contribution in [1.82, 2.24) is 5.32 Å². The second-order valence-corrected chi connectivity index (χ2v) is 2.99. The fourth-order valence-corrected chi connectivity index (χ4v) is 1.17. The summed E-state index contributed by atoms with van der Waals surface area (Å²) in [4.78, 5) is 0. The first-order chi connectivity index (χ1) is 6.27. The quantitative estimate of drug-likeness (QED) is 0.769. The summed E-state index contributed by atoms with van der Waals surface area (Å²) in [6.45, 7) is 3.97. The lowest BCUT2D eigenvalue weighted by atomic mass is 10.2. The molecule has 1 rings (SSSR count). The molecule has 0 spiro atoms. The van der Waals surface area contributed by atoms with Crippen molar-refractivity contribution in [2.45, 2.75) is 32.4 Å². The minimum Gasteiger partial charge on any atom is -0.468 e. The minimum atomic E-state index is -0.0971. The van der Waals surface area contributed by atoms with Gasteiger partial charge in [-0.3, -0.25) is 5.32 Å². The zero-order valence-corrected chi connectivity index (χ0v) is 7.95. The third-order valence-electron chi connectivity index (χ3n) is 1.99. The molecule has 1 aromatic rings. The Bertz CT molecular complexity index is 274. The van der Waals surface area contributed by atoms with Gasteiger partial charge in [-0.25, -0.2) is 0 Å². The van der Waals surface area contributed by atoms with Gasteiger partial charge in [-0.05, 0) is 25.5 Å². The summed E-state index contributed by atoms with van der Waals surface area (Å²) in [5.41, 5.74) is 0. The summed E-state index contributed by atoms with van der Waals surface area (Å²) < 4.78 is 5.21. The molecular formula is C10H14N2O. The molecule has 0 aliphatic carbocycles. The Balaban J connectivity index is 2.51. The van der Waals surface area contributed by atoms with Gasteiger partial charge in [-0.15, -0.1) is 0 Å². The largest absolute Gasteiger partial charge is 0.468 e. The molecule has 0 aliphatic rings. The first-order valence-corrected chi connectivity index (χ1v) is 4.47. The van der Waals surface area contributed by atoms with Crippen LogP contribution in [0.25, 0.3) is 0 Å². The van der Waals surface area contributed by atoms with E-state index in [2.05, 4.69) is 11.4 Å². The van der Waals surface area contributed by atoms with Gasteiger partial charge in [0.15, 0.2) is 0 Å². The van der Waals surface area contributed by atoms with Crippen molar-refractivity contribution in [2.24, 2.45) is 0 Å². The molecular weight excluding hydrogens is 164 g/mol. The van der Waals surface area contributed by atoms with Crippen molar-refractivity contribution >= 4 is 0 Å². The van der Waals surface area contributed by atoms with E-state index in [1.165, 1.54) is 0 Å². The monoisotopic (exact) mass is 178 g/mol. The van der Waals surface area contributed by atoms with Crippen LogP contribution >= 0.6 is 0 Å². The predicted octanol–water partition coefficient (Wildman–Crippen LogP) is 2.23. The predicted molar refractivity (Wildman–Crippen MR) is 50.0 cm³/mol. The van der Waals surface area contributed by atoms with E-state index in [0.29, 0.717) is 0 Å². The van der Waals surface area contributed by atoms with Crippen LogP contribution in [0.1, 0.15) is 32.1 Å². The van der Waals surface area contributed by atoms with E-state index in [-0.39, 0.29) is 12.1 Å². The van der Waals surface area contributed by atoms with Gasteiger partial charge < -0.3 is 4.42 Å². The summed E-state index contributed by atoms with van der Waals surface area (Å²) >= 11 is 0. The molecule has 0 fully saturated rings. The highest BCUT2D eigenvalue weighted by Gasteiger charge is 2.12. The van der Waals surface area contributed by atoms with Crippen LogP contribution in [0, 0.1) is 11.3 Å². The van der Waals surface area contributed by atoms with Crippen molar-refractivity contribution in [3.63, 3.8) is 0 Å². The van der Waals surface area contributed by atoms with E-state index in [0.717, 1.165) is 12.2 Å². The summed E-state index contributed by atoms with van der Waals surface area (Å²) in [7, 11) is 0. The Morgan fingerprint density at radius 2 is 2.46 bits per heavy atom. The van der Waals surface area contributed by atoms with Gasteiger partial charge >= 0.3 is 0 Å². The summed E-state index contributed by atoms with van der Waals surface area (Å²) in [5.74, 6) is 0.869. The van der Waals surface area contributed by atoms with Gasteiger partial charge in [-0.1, -0.05) is 6.92 Å². The second-order valence-electron chi connectivity index (χ2n) is 2.99. The van der Waals surface area contributed by atoms with Crippen molar-refractivity contribution in [2.75, 3.05) is 0 Å². The van der Waals surface area contributed by atoms with Gasteiger partial charge in [-0.2, -0.15) is 5.26 Å². The zero-order chi connectivity index (χ0) is 9.68. The third kappa shape index (κ3) is 2.60. The van der Waals surface area contributed by atoms with E-state index in [1.807, 2.05) is 26.0 Å². The lowest BCUT2D eigenvalue weighted by Gasteiger charge is -2.14. The van der Waals surface area contributed by atoms with Crippen molar-refractivity contribution < 1.29 is 4.42 Å². The molecule has 0 saturated heterocycles. The van der Waals surface area contributed by atoms with Crippen molar-refractivity contribution in [3.8, 4) is 6.07 Å². The van der Waals surface area contributed by atoms with E-state index < -0.39 is 0 Å². The maximum atomic E-state index is 8.73. The van der Waals surface area contributed by atoms with Crippen LogP contribution in [0.15, 0.2) is 22.8 Å². The highest BCUT2D eigenvalue weighted by atomic mass is 16.3. The molecule has 0 amide bonds. The number of rotatable bonds is 4. The number of furan rings is 1. The Morgan fingerprint density at radius 3 is 2.92 bits per heavy atom. The summed E-state index contributed by atoms with van der Waals surface area (Å²) in [6, 6.07) is 5.94. The van der Waals surface area contributed by atoms with Crippen LogP contribution < -0.4 is 5.32 Å². The topological polar surface area (TPSA) is 49.0 Å². The van der Waals surface area contributed by atoms with Crippen molar-refractivity contribution in [1.29, 1.82) is 5.26 Å². The Morgan fingerprint density at radius 1 is 1.69 bits per heavy atom. The van der Waals surface area contributed by atoms with Gasteiger partial charge in [0.05, 0.1) is 24.4 Å². The van der Waals surface area contributed by atoms with Crippen LogP contribution in [0.5, 0.6) is 0 Å². The Hall–Kier alpha value is -1.27. The molecule has 0 bridgehead atoms. The minimum absolute atomic E-state index is 0.0969. The molecule has 2 atom stereocenters. The summed E-state index contributed by atoms with van der Waals surface area (Å²) in [6.07, 6.45) is 2.45. The highest BCUT2D eigenvalue weighted by molar-refractivity contribution is 5.05. The second kappa shape index (κ2) is 4.68. The molecule has 3 heteroatoms. The number of hydrogen-bond acceptors (Lipinski definition) is 3. The lowest BCUT2D eigenvalue weighted by molar-refractivity contribution is 0.410. The van der Waals surface area contributed by atoms with Gasteiger partial charge in [0.2, 0.25) is 0 Å². The van der Waals surface area contributed by atoms with Crippen LogP contribution in [-0.4, -0.2) is 6.04 Å². The maximum Gasteiger partial charge on any atom is 0.120 e. The van der Waals surface area contributed by atoms with E-state index in [4.69, 9.17) is 9.68 Å². The first-order valence-electron chi connectivity index (χ1n) is 4.47. The highest BCUT2D eigenvalue weighted by Crippen LogP contribution is 2.13. The molecule has 0 aromatic carbocycles. The molecule has 1 aromatic heterocycles. The molecule has 1 N–H and O–H groups in total. The Labute approximate surface area is 78.4 Å². The van der Waals surface area contributed by atoms with E-state index in [1.54, 1.807) is 6.26 Å². The fourth-order valence-electron chi connectivity index (χ4n) is 1.17. The van der Waals surface area contributed by atoms with Gasteiger partial charge in [0.1, 0.15) is 5.76 Å². The normalized spacial score (nSPS) is 14.8. The third-order valence-corrected chi connectivity index (χ3v) is 1.99. The Kier molecular flexibility index (Phi) is 3.53. The fraction of sp³-hybridized carbons (Fsp3) is 0.500. The standard InChI is InChI=1S/C10H14N2O/c1-3-9(7-11)12-8(2)10-5-4-6-13-10/h4-6,8-9,12H,3H2,1-2H3. The number of nitriles is 1. The molecule has 0 aliphatic heterocycles. The molecule has 0 radical (unpaired) electrons. The smallest absolute Gasteiger partial charge is 0.120 e. The SMILES string of the molecule is CCC(C#N)NC(C)c1ccco1. The first kappa shape index (κ1) is 9.82. The molecule has 3 nitrogen and oxygen atoms in total.